The number of nitrogens with one attached hydrogen (secondary N) is 1. The SMILES string of the molecule is CN(C)c1cccc2c(S(=O)(=O)N[C@@H](CCC(=O)[O-])C(=O)[O-])cccc12.[NH3+]C1CCCCC1.[NH3+]C1CCCCC1. The smallest absolute Gasteiger partial charge is 0.241 e. The summed E-state index contributed by atoms with van der Waals surface area (Å²) in [5.74, 6) is -3.18. The molecule has 0 heterocycles. The van der Waals surface area contributed by atoms with Gasteiger partial charge in [0.1, 0.15) is 0 Å². The van der Waals surface area contributed by atoms with Crippen LogP contribution in [0.2, 0.25) is 0 Å². The van der Waals surface area contributed by atoms with Crippen LogP contribution in [0.5, 0.6) is 0 Å². The van der Waals surface area contributed by atoms with Gasteiger partial charge in [0.05, 0.1) is 29.0 Å². The zero-order valence-corrected chi connectivity index (χ0v) is 24.7. The van der Waals surface area contributed by atoms with Crippen LogP contribution in [0.1, 0.15) is 77.0 Å². The van der Waals surface area contributed by atoms with Gasteiger partial charge in [0.25, 0.3) is 0 Å². The highest BCUT2D eigenvalue weighted by Gasteiger charge is 2.23. The average Bonchev–Trinajstić information content (AvgIpc) is 2.91. The van der Waals surface area contributed by atoms with Crippen LogP contribution in [-0.2, 0) is 19.6 Å². The maximum atomic E-state index is 12.7. The van der Waals surface area contributed by atoms with Crippen LogP contribution >= 0.6 is 0 Å². The topological polar surface area (TPSA) is 185 Å². The van der Waals surface area contributed by atoms with Gasteiger partial charge in [0, 0.05) is 36.5 Å². The molecule has 4 rings (SSSR count). The van der Waals surface area contributed by atoms with Crippen molar-refractivity contribution in [3.8, 4) is 0 Å². The summed E-state index contributed by atoms with van der Waals surface area (Å²) in [5, 5.41) is 22.8. The molecule has 0 spiro atoms. The largest absolute Gasteiger partial charge is 0.550 e. The lowest BCUT2D eigenvalue weighted by Gasteiger charge is -2.21. The van der Waals surface area contributed by atoms with E-state index in [1.165, 1.54) is 70.3 Å². The molecule has 0 aromatic heterocycles. The number of hydrogen-bond donors (Lipinski definition) is 3. The molecule has 0 saturated heterocycles. The molecule has 0 bridgehead atoms. The van der Waals surface area contributed by atoms with Crippen molar-refractivity contribution in [1.82, 2.24) is 4.72 Å². The molecule has 2 aromatic carbocycles. The summed E-state index contributed by atoms with van der Waals surface area (Å²) in [6.45, 7) is 0. The summed E-state index contributed by atoms with van der Waals surface area (Å²) in [7, 11) is -0.585. The van der Waals surface area contributed by atoms with E-state index in [9.17, 15) is 28.2 Å². The van der Waals surface area contributed by atoms with Gasteiger partial charge in [-0.1, -0.05) is 37.1 Å². The summed E-state index contributed by atoms with van der Waals surface area (Å²) in [6.07, 6.45) is 13.0. The number of anilines is 1. The van der Waals surface area contributed by atoms with Gasteiger partial charge in [-0.3, -0.25) is 0 Å². The Morgan fingerprint density at radius 1 is 0.875 bits per heavy atom. The minimum atomic E-state index is -4.22. The molecule has 224 valence electrons. The molecule has 40 heavy (non-hydrogen) atoms. The fourth-order valence-corrected chi connectivity index (χ4v) is 6.44. The lowest BCUT2D eigenvalue weighted by Crippen LogP contribution is -2.61. The van der Waals surface area contributed by atoms with Crippen LogP contribution in [0.25, 0.3) is 10.8 Å². The van der Waals surface area contributed by atoms with Crippen LogP contribution in [0.4, 0.5) is 5.69 Å². The van der Waals surface area contributed by atoms with Gasteiger partial charge in [-0.15, -0.1) is 0 Å². The highest BCUT2D eigenvalue weighted by Crippen LogP contribution is 2.30. The van der Waals surface area contributed by atoms with E-state index >= 15 is 0 Å². The van der Waals surface area contributed by atoms with Crippen LogP contribution in [-0.4, -0.2) is 52.6 Å². The first kappa shape index (κ1) is 33.5. The van der Waals surface area contributed by atoms with Crippen molar-refractivity contribution in [3.63, 3.8) is 0 Å². The number of carbonyl (C=O) groups is 2. The summed E-state index contributed by atoms with van der Waals surface area (Å²) < 4.78 is 27.4. The monoisotopic (exact) mass is 578 g/mol. The van der Waals surface area contributed by atoms with Crippen molar-refractivity contribution < 1.29 is 39.7 Å². The first-order valence-electron chi connectivity index (χ1n) is 14.2. The number of nitrogens with zero attached hydrogens (tertiary/aromatic N) is 1. The van der Waals surface area contributed by atoms with Gasteiger partial charge >= 0.3 is 0 Å². The summed E-state index contributed by atoms with van der Waals surface area (Å²) in [4.78, 5) is 23.4. The lowest BCUT2D eigenvalue weighted by atomic mass is 9.97. The van der Waals surface area contributed by atoms with Gasteiger partial charge < -0.3 is 36.2 Å². The molecule has 2 aromatic rings. The van der Waals surface area contributed by atoms with Crippen LogP contribution in [0, 0.1) is 0 Å². The molecule has 0 aliphatic heterocycles. The van der Waals surface area contributed by atoms with Crippen LogP contribution in [0.15, 0.2) is 41.3 Å². The molecule has 10 nitrogen and oxygen atoms in total. The van der Waals surface area contributed by atoms with Gasteiger partial charge in [0.15, 0.2) is 0 Å². The zero-order valence-electron chi connectivity index (χ0n) is 23.9. The van der Waals surface area contributed by atoms with E-state index < -0.39 is 40.8 Å². The number of aliphatic carboxylic acids is 2. The molecule has 11 heteroatoms. The van der Waals surface area contributed by atoms with E-state index in [1.807, 2.05) is 29.8 Å². The Morgan fingerprint density at radius 3 is 1.80 bits per heavy atom. The Hall–Kier alpha value is -2.73. The van der Waals surface area contributed by atoms with Crippen LogP contribution < -0.4 is 31.3 Å². The average molecular weight is 579 g/mol. The summed E-state index contributed by atoms with van der Waals surface area (Å²) >= 11 is 0. The number of carboxylic acid groups (broad SMARTS) is 2. The van der Waals surface area contributed by atoms with E-state index in [1.54, 1.807) is 24.3 Å². The quantitative estimate of drug-likeness (QED) is 0.392. The number of quaternary nitrogens is 2. The fourth-order valence-electron chi connectivity index (χ4n) is 5.00. The summed E-state index contributed by atoms with van der Waals surface area (Å²) in [6, 6.07) is 9.71. The van der Waals surface area contributed by atoms with Crippen LogP contribution in [0.3, 0.4) is 0 Å². The van der Waals surface area contributed by atoms with Gasteiger partial charge in [-0.2, -0.15) is 0 Å². The second-order valence-corrected chi connectivity index (χ2v) is 12.6. The highest BCUT2D eigenvalue weighted by molar-refractivity contribution is 7.89. The third kappa shape index (κ3) is 11.0. The van der Waals surface area contributed by atoms with Gasteiger partial charge in [0.2, 0.25) is 10.0 Å². The van der Waals surface area contributed by atoms with E-state index in [0.29, 0.717) is 10.8 Å². The normalized spacial score (nSPS) is 17.1. The Labute approximate surface area is 238 Å². The minimum Gasteiger partial charge on any atom is -0.550 e. The first-order valence-corrected chi connectivity index (χ1v) is 15.7. The first-order chi connectivity index (χ1) is 18.9. The Bertz CT molecular complexity index is 1180. The molecule has 2 fully saturated rings. The number of rotatable bonds is 8. The molecule has 2 aliphatic carbocycles. The lowest BCUT2D eigenvalue weighted by molar-refractivity contribution is -0.425. The van der Waals surface area contributed by atoms with Crippen molar-refractivity contribution in [2.75, 3.05) is 19.0 Å². The molecular weight excluding hydrogens is 532 g/mol. The van der Waals surface area contributed by atoms with Crippen molar-refractivity contribution in [1.29, 1.82) is 0 Å². The number of benzene rings is 2. The maximum Gasteiger partial charge on any atom is 0.241 e. The Kier molecular flexibility index (Phi) is 13.8. The van der Waals surface area contributed by atoms with E-state index in [-0.39, 0.29) is 4.90 Å². The van der Waals surface area contributed by atoms with Crippen molar-refractivity contribution >= 4 is 38.4 Å². The maximum absolute atomic E-state index is 12.7. The second-order valence-electron chi connectivity index (χ2n) is 10.9. The standard InChI is InChI=1S/C17H20N2O6S.2C6H13N/c1-19(2)14-7-3-6-12-11(14)5-4-8-15(12)26(24,25)18-13(17(22)23)9-10-16(20)21;2*7-6-4-2-1-3-5-6/h3-8,13,18H,9-10H2,1-2H3,(H,20,21)(H,22,23);2*6H,1-5,7H2/t13-;;/m0../s1. The molecule has 0 amide bonds. The number of carboxylic acids is 2. The van der Waals surface area contributed by atoms with Crippen molar-refractivity contribution in [2.45, 2.75) is 100 Å². The molecule has 2 saturated carbocycles. The van der Waals surface area contributed by atoms with Crippen molar-refractivity contribution in [2.24, 2.45) is 0 Å². The molecule has 0 unspecified atom stereocenters. The zero-order chi connectivity index (χ0) is 29.7. The number of fused-ring (bicyclic) bond motifs is 1. The molecular formula is C29H46N4O6S. The molecule has 7 N–H and O–H groups in total. The minimum absolute atomic E-state index is 0.0987. The third-order valence-electron chi connectivity index (χ3n) is 7.30. The Morgan fingerprint density at radius 2 is 1.38 bits per heavy atom. The molecule has 0 radical (unpaired) electrons. The fraction of sp³-hybridized carbons (Fsp3) is 0.586. The number of carbonyl (C=O) groups excluding carboxylic acids is 2. The highest BCUT2D eigenvalue weighted by atomic mass is 32.2. The van der Waals surface area contributed by atoms with E-state index in [0.717, 1.165) is 17.8 Å². The predicted octanol–water partition coefficient (Wildman–Crippen LogP) is -0.0453. The second kappa shape index (κ2) is 16.5. The van der Waals surface area contributed by atoms with E-state index in [2.05, 4.69) is 11.5 Å². The van der Waals surface area contributed by atoms with Gasteiger partial charge in [-0.25, -0.2) is 13.1 Å². The number of hydrogen-bond acceptors (Lipinski definition) is 7. The number of sulfonamides is 1. The van der Waals surface area contributed by atoms with Gasteiger partial charge in [-0.05, 0) is 76.3 Å². The van der Waals surface area contributed by atoms with E-state index in [4.69, 9.17) is 0 Å². The molecule has 2 aliphatic rings. The predicted molar refractivity (Wildman–Crippen MR) is 151 cm³/mol. The molecule has 1 atom stereocenters. The summed E-state index contributed by atoms with van der Waals surface area (Å²) in [5.41, 5.74) is 8.79. The Balaban J connectivity index is 0.000000322. The van der Waals surface area contributed by atoms with Crippen molar-refractivity contribution in [3.05, 3.63) is 36.4 Å². The third-order valence-corrected chi connectivity index (χ3v) is 8.83.